The molecule has 1 saturated heterocycles. The summed E-state index contributed by atoms with van der Waals surface area (Å²) in [7, 11) is 0. The van der Waals surface area contributed by atoms with Crippen LogP contribution in [0, 0.1) is 0 Å². The zero-order valence-electron chi connectivity index (χ0n) is 11.3. The van der Waals surface area contributed by atoms with E-state index in [0.717, 1.165) is 17.7 Å². The smallest absolute Gasteiger partial charge is 0.334 e. The van der Waals surface area contributed by atoms with Crippen molar-refractivity contribution in [2.24, 2.45) is 0 Å². The highest BCUT2D eigenvalue weighted by molar-refractivity contribution is 6.45. The summed E-state index contributed by atoms with van der Waals surface area (Å²) in [6.45, 7) is 4.10. The summed E-state index contributed by atoms with van der Waals surface area (Å²) in [6, 6.07) is -0.699. The molecule has 0 aromatic rings. The van der Waals surface area contributed by atoms with Crippen LogP contribution in [0.4, 0.5) is 4.79 Å². The van der Waals surface area contributed by atoms with E-state index in [1.165, 1.54) is 0 Å². The third-order valence-corrected chi connectivity index (χ3v) is 2.74. The largest absolute Gasteiger partial charge is 0.355 e. The van der Waals surface area contributed by atoms with Gasteiger partial charge in [0.25, 0.3) is 0 Å². The van der Waals surface area contributed by atoms with Crippen LogP contribution in [0.3, 0.4) is 0 Å². The van der Waals surface area contributed by atoms with Gasteiger partial charge in [-0.25, -0.2) is 9.69 Å². The Morgan fingerprint density at radius 1 is 1.05 bits per heavy atom. The van der Waals surface area contributed by atoms with E-state index in [-0.39, 0.29) is 6.54 Å². The molecule has 0 bridgehead atoms. The molecule has 1 rings (SSSR count). The zero-order chi connectivity index (χ0) is 14.4. The normalized spacial score (nSPS) is 15.4. The van der Waals surface area contributed by atoms with Crippen molar-refractivity contribution in [3.05, 3.63) is 0 Å². The molecule has 0 aliphatic carbocycles. The van der Waals surface area contributed by atoms with Gasteiger partial charge in [0.15, 0.2) is 0 Å². The predicted molar refractivity (Wildman–Crippen MR) is 67.0 cm³/mol. The summed E-state index contributed by atoms with van der Waals surface area (Å²) in [6.07, 6.45) is 2.21. The first kappa shape index (κ1) is 15.1. The Hall–Kier alpha value is -1.92. The molecule has 0 aromatic carbocycles. The van der Waals surface area contributed by atoms with Crippen LogP contribution in [0.2, 0.25) is 0 Å². The van der Waals surface area contributed by atoms with E-state index >= 15 is 0 Å². The number of unbranched alkanes of at least 4 members (excludes halogenated alkanes) is 1. The molecule has 0 aromatic heterocycles. The number of carbonyl (C=O) groups is 4. The predicted octanol–water partition coefficient (Wildman–Crippen LogP) is 0.104. The first-order valence-electron chi connectivity index (χ1n) is 6.46. The molecule has 7 nitrogen and oxygen atoms in total. The molecule has 1 aliphatic heterocycles. The number of imide groups is 2. The number of nitrogens with one attached hydrogen (secondary N) is 1. The van der Waals surface area contributed by atoms with Gasteiger partial charge in [0.1, 0.15) is 6.54 Å². The first-order valence-corrected chi connectivity index (χ1v) is 6.46. The van der Waals surface area contributed by atoms with Gasteiger partial charge in [0, 0.05) is 13.1 Å². The maximum atomic E-state index is 11.9. The second-order valence-corrected chi connectivity index (χ2v) is 4.33. The average molecular weight is 269 g/mol. The SMILES string of the molecule is CCCCN1C(=O)C(=O)N(CC(=O)NCCC)C1=O. The summed E-state index contributed by atoms with van der Waals surface area (Å²) in [5.74, 6) is -2.21. The number of urea groups is 1. The highest BCUT2D eigenvalue weighted by Crippen LogP contribution is 2.12. The van der Waals surface area contributed by atoms with Crippen molar-refractivity contribution >= 4 is 23.8 Å². The van der Waals surface area contributed by atoms with Crippen LogP contribution >= 0.6 is 0 Å². The van der Waals surface area contributed by atoms with Crippen LogP contribution < -0.4 is 5.32 Å². The topological polar surface area (TPSA) is 86.8 Å². The molecule has 0 radical (unpaired) electrons. The maximum absolute atomic E-state index is 11.9. The van der Waals surface area contributed by atoms with Gasteiger partial charge in [-0.3, -0.25) is 19.3 Å². The van der Waals surface area contributed by atoms with Gasteiger partial charge in [-0.1, -0.05) is 20.3 Å². The number of carbonyl (C=O) groups excluding carboxylic acids is 4. The van der Waals surface area contributed by atoms with Gasteiger partial charge in [0.2, 0.25) is 5.91 Å². The van der Waals surface area contributed by atoms with Gasteiger partial charge in [0.05, 0.1) is 0 Å². The van der Waals surface area contributed by atoms with Crippen LogP contribution in [0.1, 0.15) is 33.1 Å². The molecule has 5 amide bonds. The molecule has 1 aliphatic rings. The fraction of sp³-hybridized carbons (Fsp3) is 0.667. The van der Waals surface area contributed by atoms with Crippen LogP contribution in [0.15, 0.2) is 0 Å². The lowest BCUT2D eigenvalue weighted by atomic mass is 10.3. The van der Waals surface area contributed by atoms with Crippen LogP contribution in [-0.2, 0) is 14.4 Å². The number of nitrogens with zero attached hydrogens (tertiary/aromatic N) is 2. The van der Waals surface area contributed by atoms with Crippen LogP contribution in [0.25, 0.3) is 0 Å². The Kier molecular flexibility index (Phi) is 5.47. The summed E-state index contributed by atoms with van der Waals surface area (Å²) >= 11 is 0. The van der Waals surface area contributed by atoms with Gasteiger partial charge in [-0.2, -0.15) is 0 Å². The van der Waals surface area contributed by atoms with E-state index < -0.39 is 30.3 Å². The van der Waals surface area contributed by atoms with Crippen LogP contribution in [-0.4, -0.2) is 53.2 Å². The molecule has 1 heterocycles. The van der Waals surface area contributed by atoms with E-state index in [1.54, 1.807) is 0 Å². The molecule has 0 spiro atoms. The fourth-order valence-electron chi connectivity index (χ4n) is 1.67. The number of hydrogen-bond donors (Lipinski definition) is 1. The quantitative estimate of drug-likeness (QED) is 0.524. The van der Waals surface area contributed by atoms with E-state index in [1.807, 2.05) is 13.8 Å². The minimum atomic E-state index is -0.923. The van der Waals surface area contributed by atoms with Crippen molar-refractivity contribution < 1.29 is 19.2 Å². The molecule has 19 heavy (non-hydrogen) atoms. The lowest BCUT2D eigenvalue weighted by molar-refractivity contribution is -0.144. The Bertz CT molecular complexity index is 394. The Labute approximate surface area is 111 Å². The summed E-state index contributed by atoms with van der Waals surface area (Å²) in [4.78, 5) is 48.2. The third kappa shape index (κ3) is 3.52. The Morgan fingerprint density at radius 2 is 1.68 bits per heavy atom. The molecule has 106 valence electrons. The Morgan fingerprint density at radius 3 is 2.26 bits per heavy atom. The maximum Gasteiger partial charge on any atom is 0.334 e. The monoisotopic (exact) mass is 269 g/mol. The van der Waals surface area contributed by atoms with E-state index in [2.05, 4.69) is 5.32 Å². The van der Waals surface area contributed by atoms with Crippen molar-refractivity contribution in [1.82, 2.24) is 15.1 Å². The minimum Gasteiger partial charge on any atom is -0.355 e. The molecular weight excluding hydrogens is 250 g/mol. The second-order valence-electron chi connectivity index (χ2n) is 4.33. The molecule has 0 saturated carbocycles. The van der Waals surface area contributed by atoms with E-state index in [4.69, 9.17) is 0 Å². The third-order valence-electron chi connectivity index (χ3n) is 2.74. The van der Waals surface area contributed by atoms with Crippen molar-refractivity contribution in [2.45, 2.75) is 33.1 Å². The lowest BCUT2D eigenvalue weighted by Crippen LogP contribution is -2.41. The average Bonchev–Trinajstić information content (AvgIpc) is 2.59. The summed E-state index contributed by atoms with van der Waals surface area (Å²) in [5, 5.41) is 2.56. The van der Waals surface area contributed by atoms with Gasteiger partial charge in [-0.05, 0) is 12.8 Å². The molecule has 0 unspecified atom stereocenters. The van der Waals surface area contributed by atoms with Gasteiger partial charge in [-0.15, -0.1) is 0 Å². The molecular formula is C12H19N3O4. The minimum absolute atomic E-state index is 0.215. The highest BCUT2D eigenvalue weighted by Gasteiger charge is 2.44. The van der Waals surface area contributed by atoms with Crippen molar-refractivity contribution in [3.63, 3.8) is 0 Å². The number of hydrogen-bond acceptors (Lipinski definition) is 4. The summed E-state index contributed by atoms with van der Waals surface area (Å²) in [5.41, 5.74) is 0. The number of amides is 5. The fourth-order valence-corrected chi connectivity index (χ4v) is 1.67. The first-order chi connectivity index (χ1) is 9.02. The molecule has 7 heteroatoms. The van der Waals surface area contributed by atoms with E-state index in [9.17, 15) is 19.2 Å². The van der Waals surface area contributed by atoms with Crippen molar-refractivity contribution in [3.8, 4) is 0 Å². The molecule has 1 fully saturated rings. The highest BCUT2D eigenvalue weighted by atomic mass is 16.2. The lowest BCUT2D eigenvalue weighted by Gasteiger charge is -2.14. The number of rotatable bonds is 7. The van der Waals surface area contributed by atoms with Crippen molar-refractivity contribution in [1.29, 1.82) is 0 Å². The molecule has 0 atom stereocenters. The summed E-state index contributed by atoms with van der Waals surface area (Å²) < 4.78 is 0. The van der Waals surface area contributed by atoms with Crippen LogP contribution in [0.5, 0.6) is 0 Å². The van der Waals surface area contributed by atoms with E-state index in [0.29, 0.717) is 17.9 Å². The Balaban J connectivity index is 2.64. The molecule has 1 N–H and O–H groups in total. The zero-order valence-corrected chi connectivity index (χ0v) is 11.3. The second kappa shape index (κ2) is 6.86. The van der Waals surface area contributed by atoms with Gasteiger partial charge < -0.3 is 5.32 Å². The van der Waals surface area contributed by atoms with Gasteiger partial charge >= 0.3 is 17.8 Å². The standard InChI is InChI=1S/C12H19N3O4/c1-3-5-7-14-10(17)11(18)15(12(14)19)8-9(16)13-6-4-2/h3-8H2,1-2H3,(H,13,16). The van der Waals surface area contributed by atoms with Crippen molar-refractivity contribution in [2.75, 3.05) is 19.6 Å².